The zero-order valence-electron chi connectivity index (χ0n) is 10.6. The van der Waals surface area contributed by atoms with Crippen LogP contribution in [0, 0.1) is 0 Å². The Bertz CT molecular complexity index is 537. The van der Waals surface area contributed by atoms with E-state index in [4.69, 9.17) is 4.74 Å². The van der Waals surface area contributed by atoms with Crippen molar-refractivity contribution < 1.29 is 9.53 Å². The van der Waals surface area contributed by atoms with Crippen molar-refractivity contribution in [1.29, 1.82) is 0 Å². The van der Waals surface area contributed by atoms with Crippen LogP contribution in [-0.2, 0) is 16.0 Å². The number of pyridine rings is 1. The monoisotopic (exact) mass is 243 g/mol. The zero-order chi connectivity index (χ0) is 12.8. The SMILES string of the molecule is CCOC(=O)CCCc1ccc2ccccc2n1. The van der Waals surface area contributed by atoms with Crippen molar-refractivity contribution in [2.24, 2.45) is 0 Å². The minimum Gasteiger partial charge on any atom is -0.466 e. The van der Waals surface area contributed by atoms with E-state index >= 15 is 0 Å². The van der Waals surface area contributed by atoms with Crippen LogP contribution in [0.2, 0.25) is 0 Å². The van der Waals surface area contributed by atoms with Crippen LogP contribution in [0.3, 0.4) is 0 Å². The van der Waals surface area contributed by atoms with Crippen LogP contribution < -0.4 is 0 Å². The summed E-state index contributed by atoms with van der Waals surface area (Å²) in [6.45, 7) is 2.27. The number of aromatic nitrogens is 1. The highest BCUT2D eigenvalue weighted by molar-refractivity contribution is 5.78. The summed E-state index contributed by atoms with van der Waals surface area (Å²) in [5.74, 6) is -0.127. The van der Waals surface area contributed by atoms with E-state index in [9.17, 15) is 4.79 Å². The minimum absolute atomic E-state index is 0.127. The molecule has 0 radical (unpaired) electrons. The van der Waals surface area contributed by atoms with E-state index in [0.717, 1.165) is 29.4 Å². The maximum absolute atomic E-state index is 11.2. The second kappa shape index (κ2) is 6.15. The molecule has 0 amide bonds. The van der Waals surface area contributed by atoms with Gasteiger partial charge in [-0.1, -0.05) is 24.3 Å². The highest BCUT2D eigenvalue weighted by Gasteiger charge is 2.03. The summed E-state index contributed by atoms with van der Waals surface area (Å²) in [7, 11) is 0. The van der Waals surface area contributed by atoms with Gasteiger partial charge in [0.1, 0.15) is 0 Å². The fourth-order valence-electron chi connectivity index (χ4n) is 1.89. The minimum atomic E-state index is -0.127. The first-order chi connectivity index (χ1) is 8.79. The number of benzene rings is 1. The number of esters is 1. The molecule has 2 rings (SSSR count). The highest BCUT2D eigenvalue weighted by Crippen LogP contribution is 2.13. The zero-order valence-corrected chi connectivity index (χ0v) is 10.6. The Morgan fingerprint density at radius 2 is 2.06 bits per heavy atom. The summed E-state index contributed by atoms with van der Waals surface area (Å²) in [5.41, 5.74) is 2.03. The third-order valence-electron chi connectivity index (χ3n) is 2.78. The summed E-state index contributed by atoms with van der Waals surface area (Å²) < 4.78 is 4.89. The number of nitrogens with zero attached hydrogens (tertiary/aromatic N) is 1. The molecule has 0 aliphatic carbocycles. The number of aryl methyl sites for hydroxylation is 1. The molecule has 18 heavy (non-hydrogen) atoms. The smallest absolute Gasteiger partial charge is 0.305 e. The molecule has 0 bridgehead atoms. The van der Waals surface area contributed by atoms with Crippen LogP contribution in [0.1, 0.15) is 25.5 Å². The molecule has 2 aromatic rings. The standard InChI is InChI=1S/C15H17NO2/c1-2-18-15(17)9-5-7-13-11-10-12-6-3-4-8-14(12)16-13/h3-4,6,8,10-11H,2,5,7,9H2,1H3. The summed E-state index contributed by atoms with van der Waals surface area (Å²) in [6, 6.07) is 12.1. The molecule has 0 N–H and O–H groups in total. The van der Waals surface area contributed by atoms with Gasteiger partial charge >= 0.3 is 5.97 Å². The van der Waals surface area contributed by atoms with E-state index in [1.54, 1.807) is 0 Å². The maximum Gasteiger partial charge on any atom is 0.305 e. The lowest BCUT2D eigenvalue weighted by Gasteiger charge is -2.03. The normalized spacial score (nSPS) is 10.5. The quantitative estimate of drug-likeness (QED) is 0.757. The van der Waals surface area contributed by atoms with Crippen molar-refractivity contribution >= 4 is 16.9 Å². The van der Waals surface area contributed by atoms with Gasteiger partial charge in [-0.3, -0.25) is 9.78 Å². The molecule has 1 aromatic heterocycles. The van der Waals surface area contributed by atoms with Gasteiger partial charge in [0.05, 0.1) is 12.1 Å². The second-order valence-electron chi connectivity index (χ2n) is 4.15. The first kappa shape index (κ1) is 12.6. The van der Waals surface area contributed by atoms with Gasteiger partial charge in [-0.25, -0.2) is 0 Å². The van der Waals surface area contributed by atoms with Gasteiger partial charge < -0.3 is 4.74 Å². The Labute approximate surface area is 107 Å². The molecule has 0 fully saturated rings. The summed E-state index contributed by atoms with van der Waals surface area (Å²) in [6.07, 6.45) is 2.05. The number of hydrogen-bond donors (Lipinski definition) is 0. The number of fused-ring (bicyclic) bond motifs is 1. The van der Waals surface area contributed by atoms with Crippen molar-refractivity contribution in [3.63, 3.8) is 0 Å². The Kier molecular flexibility index (Phi) is 4.29. The van der Waals surface area contributed by atoms with Crippen LogP contribution in [0.25, 0.3) is 10.9 Å². The molecule has 1 aromatic carbocycles. The highest BCUT2D eigenvalue weighted by atomic mass is 16.5. The molecule has 1 heterocycles. The number of ether oxygens (including phenoxy) is 1. The largest absolute Gasteiger partial charge is 0.466 e. The first-order valence-electron chi connectivity index (χ1n) is 6.30. The molecule has 0 spiro atoms. The molecule has 94 valence electrons. The number of carbonyl (C=O) groups is 1. The molecule has 0 aliphatic rings. The van der Waals surface area contributed by atoms with Crippen LogP contribution in [0.4, 0.5) is 0 Å². The molecule has 0 saturated carbocycles. The Morgan fingerprint density at radius 3 is 2.89 bits per heavy atom. The van der Waals surface area contributed by atoms with Gasteiger partial charge in [0.15, 0.2) is 0 Å². The molecule has 3 heteroatoms. The predicted octanol–water partition coefficient (Wildman–Crippen LogP) is 3.12. The number of hydrogen-bond acceptors (Lipinski definition) is 3. The molecule has 0 atom stereocenters. The van der Waals surface area contributed by atoms with E-state index in [2.05, 4.69) is 11.1 Å². The Balaban J connectivity index is 1.93. The van der Waals surface area contributed by atoms with Crippen LogP contribution >= 0.6 is 0 Å². The Hall–Kier alpha value is -1.90. The Morgan fingerprint density at radius 1 is 1.22 bits per heavy atom. The van der Waals surface area contributed by atoms with Crippen LogP contribution in [0.15, 0.2) is 36.4 Å². The van der Waals surface area contributed by atoms with E-state index in [1.807, 2.05) is 37.3 Å². The van der Waals surface area contributed by atoms with E-state index < -0.39 is 0 Å². The fraction of sp³-hybridized carbons (Fsp3) is 0.333. The lowest BCUT2D eigenvalue weighted by atomic mass is 10.1. The average Bonchev–Trinajstić information content (AvgIpc) is 2.39. The van der Waals surface area contributed by atoms with Crippen LogP contribution in [0.5, 0.6) is 0 Å². The topological polar surface area (TPSA) is 39.2 Å². The van der Waals surface area contributed by atoms with Crippen molar-refractivity contribution in [1.82, 2.24) is 4.98 Å². The van der Waals surface area contributed by atoms with Crippen molar-refractivity contribution in [3.05, 3.63) is 42.1 Å². The molecular weight excluding hydrogens is 226 g/mol. The molecule has 0 aliphatic heterocycles. The lowest BCUT2D eigenvalue weighted by Crippen LogP contribution is -2.04. The molecule has 3 nitrogen and oxygen atoms in total. The van der Waals surface area contributed by atoms with Gasteiger partial charge in [-0.2, -0.15) is 0 Å². The first-order valence-corrected chi connectivity index (χ1v) is 6.30. The number of carbonyl (C=O) groups excluding carboxylic acids is 1. The van der Waals surface area contributed by atoms with E-state index in [-0.39, 0.29) is 5.97 Å². The average molecular weight is 243 g/mol. The van der Waals surface area contributed by atoms with E-state index in [0.29, 0.717) is 13.0 Å². The van der Waals surface area contributed by atoms with Gasteiger partial charge in [0.25, 0.3) is 0 Å². The van der Waals surface area contributed by atoms with Crippen LogP contribution in [-0.4, -0.2) is 17.6 Å². The lowest BCUT2D eigenvalue weighted by molar-refractivity contribution is -0.143. The van der Waals surface area contributed by atoms with Gasteiger partial charge in [-0.05, 0) is 31.9 Å². The third kappa shape index (κ3) is 3.29. The molecule has 0 unspecified atom stereocenters. The van der Waals surface area contributed by atoms with Gasteiger partial charge in [-0.15, -0.1) is 0 Å². The molecular formula is C15H17NO2. The number of para-hydroxylation sites is 1. The maximum atomic E-state index is 11.2. The summed E-state index contributed by atoms with van der Waals surface area (Å²) >= 11 is 0. The van der Waals surface area contributed by atoms with Gasteiger partial charge in [0.2, 0.25) is 0 Å². The number of rotatable bonds is 5. The van der Waals surface area contributed by atoms with Gasteiger partial charge in [0, 0.05) is 17.5 Å². The van der Waals surface area contributed by atoms with E-state index in [1.165, 1.54) is 0 Å². The summed E-state index contributed by atoms with van der Waals surface area (Å²) in [5, 5.41) is 1.15. The van der Waals surface area contributed by atoms with Crippen molar-refractivity contribution in [3.8, 4) is 0 Å². The second-order valence-corrected chi connectivity index (χ2v) is 4.15. The van der Waals surface area contributed by atoms with Crippen molar-refractivity contribution in [2.45, 2.75) is 26.2 Å². The predicted molar refractivity (Wildman–Crippen MR) is 71.3 cm³/mol. The third-order valence-corrected chi connectivity index (χ3v) is 2.78. The van der Waals surface area contributed by atoms with Crippen molar-refractivity contribution in [2.75, 3.05) is 6.61 Å². The fourth-order valence-corrected chi connectivity index (χ4v) is 1.89. The summed E-state index contributed by atoms with van der Waals surface area (Å²) in [4.78, 5) is 15.8. The molecule has 0 saturated heterocycles.